The average Bonchev–Trinajstić information content (AvgIpc) is 3.08. The lowest BCUT2D eigenvalue weighted by molar-refractivity contribution is -0.886. The third kappa shape index (κ3) is 4.30. The third-order valence-electron chi connectivity index (χ3n) is 5.08. The second-order valence-corrected chi connectivity index (χ2v) is 10.1. The fourth-order valence-corrected chi connectivity index (χ4v) is 5.55. The van der Waals surface area contributed by atoms with E-state index in [1.54, 1.807) is 11.3 Å². The van der Waals surface area contributed by atoms with Gasteiger partial charge in [0.1, 0.15) is 28.9 Å². The summed E-state index contributed by atoms with van der Waals surface area (Å²) < 4.78 is 5.59. The van der Waals surface area contributed by atoms with Crippen LogP contribution in [-0.4, -0.2) is 25.0 Å². The van der Waals surface area contributed by atoms with Gasteiger partial charge in [0.2, 0.25) is 0 Å². The maximum Gasteiger partial charge on any atom is 0.280 e. The topological polar surface area (TPSA) is 87.1 Å². The van der Waals surface area contributed by atoms with Crippen LogP contribution in [0.5, 0.6) is 0 Å². The zero-order valence-electron chi connectivity index (χ0n) is 17.5. The van der Waals surface area contributed by atoms with Crippen molar-refractivity contribution < 1.29 is 19.4 Å². The summed E-state index contributed by atoms with van der Waals surface area (Å²) in [5.41, 5.74) is 1.62. The Bertz CT molecular complexity index is 933. The number of anilines is 1. The lowest BCUT2D eigenvalue weighted by Crippen LogP contribution is -3.08. The van der Waals surface area contributed by atoms with E-state index in [4.69, 9.17) is 4.42 Å². The molecule has 0 aliphatic carbocycles. The Morgan fingerprint density at radius 3 is 2.71 bits per heavy atom. The summed E-state index contributed by atoms with van der Waals surface area (Å²) in [4.78, 5) is 14.8. The first kappa shape index (κ1) is 20.6. The van der Waals surface area contributed by atoms with Gasteiger partial charge in [0.05, 0.1) is 23.0 Å². The molecule has 6 nitrogen and oxygen atoms in total. The maximum absolute atomic E-state index is 12.6. The SMILES string of the molecule is Cc1ccc(C[NH+](C)CC(=O)Nc2sc3c(c2C#N)CC(C)(C)[NH2+]C3(C)C)o1. The quantitative estimate of drug-likeness (QED) is 0.705. The van der Waals surface area contributed by atoms with Gasteiger partial charge in [-0.25, -0.2) is 0 Å². The summed E-state index contributed by atoms with van der Waals surface area (Å²) in [7, 11) is 1.96. The Morgan fingerprint density at radius 2 is 2.11 bits per heavy atom. The molecule has 150 valence electrons. The van der Waals surface area contributed by atoms with Crippen molar-refractivity contribution in [2.24, 2.45) is 0 Å². The van der Waals surface area contributed by atoms with E-state index in [1.807, 2.05) is 26.1 Å². The first-order valence-corrected chi connectivity index (χ1v) is 10.4. The number of amides is 1. The number of nitrogens with zero attached hydrogens (tertiary/aromatic N) is 1. The first-order chi connectivity index (χ1) is 13.0. The fourth-order valence-electron chi connectivity index (χ4n) is 4.29. The minimum absolute atomic E-state index is 0.0238. The second-order valence-electron chi connectivity index (χ2n) is 9.13. The molecule has 28 heavy (non-hydrogen) atoms. The summed E-state index contributed by atoms with van der Waals surface area (Å²) in [5.74, 6) is 1.65. The van der Waals surface area contributed by atoms with Crippen molar-refractivity contribution in [2.75, 3.05) is 18.9 Å². The summed E-state index contributed by atoms with van der Waals surface area (Å²) in [6, 6.07) is 6.21. The molecular weight excluding hydrogens is 372 g/mol. The molecule has 7 heteroatoms. The van der Waals surface area contributed by atoms with Crippen LogP contribution in [0.4, 0.5) is 5.00 Å². The molecule has 0 saturated carbocycles. The summed E-state index contributed by atoms with van der Waals surface area (Å²) in [5, 5.41) is 15.8. The Morgan fingerprint density at radius 1 is 1.39 bits per heavy atom. The number of nitrogens with one attached hydrogen (secondary N) is 2. The highest BCUT2D eigenvalue weighted by Crippen LogP contribution is 2.41. The number of likely N-dealkylation sites (N-methyl/N-ethyl adjacent to an activating group) is 1. The van der Waals surface area contributed by atoms with Crippen molar-refractivity contribution in [3.63, 3.8) is 0 Å². The van der Waals surface area contributed by atoms with Gasteiger partial charge in [-0.1, -0.05) is 0 Å². The fraction of sp³-hybridized carbons (Fsp3) is 0.524. The number of rotatable bonds is 5. The standard InChI is InChI=1S/C21H28N4O2S/c1-13-7-8-14(27-13)11-25(6)12-17(26)23-19-16(10-22)15-9-20(2,3)24-21(4,5)18(15)28-19/h7-8,24H,9,11-12H2,1-6H3,(H,23,26)/p+2. The smallest absolute Gasteiger partial charge is 0.280 e. The van der Waals surface area contributed by atoms with Crippen LogP contribution in [0.1, 0.15) is 55.2 Å². The summed E-state index contributed by atoms with van der Waals surface area (Å²) in [6.07, 6.45) is 0.823. The van der Waals surface area contributed by atoms with Gasteiger partial charge < -0.3 is 20.0 Å². The molecule has 0 spiro atoms. The van der Waals surface area contributed by atoms with Gasteiger partial charge in [0.25, 0.3) is 5.91 Å². The van der Waals surface area contributed by atoms with Crippen LogP contribution in [0.25, 0.3) is 0 Å². The predicted molar refractivity (Wildman–Crippen MR) is 109 cm³/mol. The lowest BCUT2D eigenvalue weighted by atomic mass is 9.81. The van der Waals surface area contributed by atoms with Gasteiger partial charge in [-0.05, 0) is 52.3 Å². The maximum atomic E-state index is 12.6. The van der Waals surface area contributed by atoms with E-state index >= 15 is 0 Å². The highest BCUT2D eigenvalue weighted by molar-refractivity contribution is 7.16. The first-order valence-electron chi connectivity index (χ1n) is 9.60. The summed E-state index contributed by atoms with van der Waals surface area (Å²) >= 11 is 1.54. The van der Waals surface area contributed by atoms with Gasteiger partial charge >= 0.3 is 0 Å². The lowest BCUT2D eigenvalue weighted by Gasteiger charge is -2.38. The van der Waals surface area contributed by atoms with Gasteiger partial charge in [-0.2, -0.15) is 5.26 Å². The molecule has 1 aliphatic heterocycles. The van der Waals surface area contributed by atoms with Crippen molar-refractivity contribution in [3.8, 4) is 6.07 Å². The number of quaternary nitrogens is 2. The van der Waals surface area contributed by atoms with Gasteiger partial charge in [-0.15, -0.1) is 11.3 Å². The number of hydrogen-bond acceptors (Lipinski definition) is 4. The molecule has 0 saturated heterocycles. The largest absolute Gasteiger partial charge is 0.460 e. The van der Waals surface area contributed by atoms with Crippen molar-refractivity contribution in [1.82, 2.24) is 0 Å². The molecule has 4 N–H and O–H groups in total. The number of carbonyl (C=O) groups is 1. The molecule has 1 atom stereocenters. The van der Waals surface area contributed by atoms with Crippen molar-refractivity contribution >= 4 is 22.2 Å². The monoisotopic (exact) mass is 402 g/mol. The van der Waals surface area contributed by atoms with E-state index in [-0.39, 0.29) is 17.0 Å². The van der Waals surface area contributed by atoms with E-state index in [2.05, 4.69) is 44.4 Å². The number of nitriles is 1. The summed E-state index contributed by atoms with van der Waals surface area (Å²) in [6.45, 7) is 11.6. The highest BCUT2D eigenvalue weighted by Gasteiger charge is 2.44. The normalized spacial score (nSPS) is 18.2. The molecule has 1 unspecified atom stereocenters. The van der Waals surface area contributed by atoms with Crippen molar-refractivity contribution in [3.05, 3.63) is 39.7 Å². The van der Waals surface area contributed by atoms with E-state index in [9.17, 15) is 10.1 Å². The number of fused-ring (bicyclic) bond motifs is 1. The van der Waals surface area contributed by atoms with Crippen LogP contribution < -0.4 is 15.5 Å². The van der Waals surface area contributed by atoms with Crippen LogP contribution in [0.2, 0.25) is 0 Å². The Kier molecular flexibility index (Phi) is 5.41. The second kappa shape index (κ2) is 7.36. The molecule has 2 aromatic heterocycles. The van der Waals surface area contributed by atoms with E-state index in [1.165, 1.54) is 4.88 Å². The van der Waals surface area contributed by atoms with E-state index in [0.717, 1.165) is 28.4 Å². The number of aryl methyl sites for hydroxylation is 1. The molecular formula is C21H30N4O2S+2. The molecule has 3 rings (SSSR count). The number of nitrogens with two attached hydrogens (primary N) is 1. The molecule has 1 amide bonds. The molecule has 0 aromatic carbocycles. The van der Waals surface area contributed by atoms with Crippen LogP contribution in [0.3, 0.4) is 0 Å². The van der Waals surface area contributed by atoms with Gasteiger partial charge in [-0.3, -0.25) is 4.79 Å². The molecule has 1 aliphatic rings. The van der Waals surface area contributed by atoms with Crippen LogP contribution in [0.15, 0.2) is 16.5 Å². The van der Waals surface area contributed by atoms with Crippen molar-refractivity contribution in [2.45, 2.75) is 58.7 Å². The molecule has 2 aromatic rings. The van der Waals surface area contributed by atoms with E-state index < -0.39 is 0 Å². The Labute approximate surface area is 170 Å². The van der Waals surface area contributed by atoms with Crippen LogP contribution in [-0.2, 0) is 23.3 Å². The van der Waals surface area contributed by atoms with Crippen LogP contribution in [0, 0.1) is 18.3 Å². The molecule has 3 heterocycles. The number of furan rings is 1. The zero-order valence-corrected chi connectivity index (χ0v) is 18.3. The Hall–Kier alpha value is -2.14. The van der Waals surface area contributed by atoms with Crippen LogP contribution >= 0.6 is 11.3 Å². The molecule has 0 bridgehead atoms. The van der Waals surface area contributed by atoms with Gasteiger partial charge in [0, 0.05) is 6.42 Å². The number of hydrogen-bond donors (Lipinski definition) is 3. The number of carbonyl (C=O) groups excluding carboxylic acids is 1. The Balaban J connectivity index is 1.75. The van der Waals surface area contributed by atoms with E-state index in [0.29, 0.717) is 23.7 Å². The van der Waals surface area contributed by atoms with Crippen molar-refractivity contribution in [1.29, 1.82) is 5.26 Å². The third-order valence-corrected chi connectivity index (χ3v) is 6.56. The zero-order chi connectivity index (χ0) is 20.7. The molecule has 0 fully saturated rings. The highest BCUT2D eigenvalue weighted by atomic mass is 32.1. The minimum Gasteiger partial charge on any atom is -0.460 e. The average molecular weight is 403 g/mol. The predicted octanol–water partition coefficient (Wildman–Crippen LogP) is 1.31. The minimum atomic E-state index is -0.116. The molecule has 0 radical (unpaired) electrons. The van der Waals surface area contributed by atoms with Gasteiger partial charge in [0.15, 0.2) is 12.3 Å². The number of thiophene rings is 1.